The van der Waals surface area contributed by atoms with Gasteiger partial charge in [0.15, 0.2) is 0 Å². The average Bonchev–Trinajstić information content (AvgIpc) is 2.03. The maximum absolute atomic E-state index is 11.2. The molecule has 0 saturated heterocycles. The number of hydrogen-bond acceptors (Lipinski definition) is 1. The number of Topliss-reactive ketones (excluding diaryl/α,β-unsaturated/α-hetero) is 1. The first-order chi connectivity index (χ1) is 4.80. The molecular weight excluding hydrogens is 124 g/mol. The van der Waals surface area contributed by atoms with Gasteiger partial charge in [0.05, 0.1) is 0 Å². The third-order valence-corrected chi connectivity index (χ3v) is 2.86. The summed E-state index contributed by atoms with van der Waals surface area (Å²) in [6, 6.07) is 0. The Morgan fingerprint density at radius 1 is 1.60 bits per heavy atom. The minimum Gasteiger partial charge on any atom is -0.299 e. The van der Waals surface area contributed by atoms with Crippen LogP contribution in [-0.2, 0) is 4.79 Å². The van der Waals surface area contributed by atoms with E-state index in [-0.39, 0.29) is 0 Å². The zero-order valence-corrected chi connectivity index (χ0v) is 6.21. The second kappa shape index (κ2) is 1.94. The minimum absolute atomic E-state index is 0.321. The monoisotopic (exact) mass is 136 g/mol. The van der Waals surface area contributed by atoms with E-state index in [2.05, 4.69) is 12.2 Å². The van der Waals surface area contributed by atoms with Crippen molar-refractivity contribution in [3.8, 4) is 0 Å². The zero-order valence-electron chi connectivity index (χ0n) is 6.21. The van der Waals surface area contributed by atoms with Gasteiger partial charge in [0.2, 0.25) is 0 Å². The predicted octanol–water partition coefficient (Wildman–Crippen LogP) is 1.79. The molecule has 0 N–H and O–H groups in total. The van der Waals surface area contributed by atoms with Crippen molar-refractivity contribution >= 4 is 5.78 Å². The molecule has 0 spiro atoms. The quantitative estimate of drug-likeness (QED) is 0.464. The molecule has 1 nitrogen and oxygen atoms in total. The van der Waals surface area contributed by atoms with Crippen LogP contribution in [0.2, 0.25) is 0 Å². The van der Waals surface area contributed by atoms with E-state index in [1.54, 1.807) is 0 Å². The Balaban J connectivity index is 2.18. The SMILES string of the molecule is C[C@H]1C(=O)[C@@H]2CCC=C[C@H]12. The molecule has 2 rings (SSSR count). The third kappa shape index (κ3) is 0.606. The van der Waals surface area contributed by atoms with Crippen LogP contribution in [0.25, 0.3) is 0 Å². The smallest absolute Gasteiger partial charge is 0.139 e. The number of allylic oxidation sites excluding steroid dienone is 2. The Labute approximate surface area is 61.1 Å². The fourth-order valence-electron chi connectivity index (χ4n) is 2.11. The highest BCUT2D eigenvalue weighted by atomic mass is 16.1. The van der Waals surface area contributed by atoms with E-state index in [9.17, 15) is 4.79 Å². The van der Waals surface area contributed by atoms with E-state index in [0.29, 0.717) is 23.5 Å². The number of carbonyl (C=O) groups excluding carboxylic acids is 1. The van der Waals surface area contributed by atoms with Gasteiger partial charge in [-0.2, -0.15) is 0 Å². The van der Waals surface area contributed by atoms with Crippen LogP contribution < -0.4 is 0 Å². The van der Waals surface area contributed by atoms with E-state index in [1.807, 2.05) is 6.92 Å². The normalized spacial score (nSPS) is 44.5. The topological polar surface area (TPSA) is 17.1 Å². The van der Waals surface area contributed by atoms with Crippen molar-refractivity contribution in [2.24, 2.45) is 17.8 Å². The van der Waals surface area contributed by atoms with Gasteiger partial charge in [0.1, 0.15) is 5.78 Å². The van der Waals surface area contributed by atoms with Crippen LogP contribution in [0, 0.1) is 17.8 Å². The van der Waals surface area contributed by atoms with Crippen LogP contribution in [0.15, 0.2) is 12.2 Å². The van der Waals surface area contributed by atoms with Gasteiger partial charge >= 0.3 is 0 Å². The molecule has 0 aromatic rings. The number of fused-ring (bicyclic) bond motifs is 1. The molecule has 1 saturated carbocycles. The lowest BCUT2D eigenvalue weighted by Crippen LogP contribution is -2.45. The zero-order chi connectivity index (χ0) is 7.14. The molecule has 1 heteroatoms. The average molecular weight is 136 g/mol. The lowest BCUT2D eigenvalue weighted by Gasteiger charge is -2.41. The molecule has 54 valence electrons. The molecule has 0 aromatic carbocycles. The van der Waals surface area contributed by atoms with Gasteiger partial charge in [0, 0.05) is 11.8 Å². The summed E-state index contributed by atoms with van der Waals surface area (Å²) in [5.74, 6) is 1.82. The van der Waals surface area contributed by atoms with Crippen LogP contribution in [0.1, 0.15) is 19.8 Å². The van der Waals surface area contributed by atoms with Gasteiger partial charge in [-0.3, -0.25) is 4.79 Å². The maximum atomic E-state index is 11.2. The molecular formula is C9H12O. The highest BCUT2D eigenvalue weighted by Gasteiger charge is 2.45. The van der Waals surface area contributed by atoms with Crippen LogP contribution in [-0.4, -0.2) is 5.78 Å². The van der Waals surface area contributed by atoms with Crippen molar-refractivity contribution in [1.82, 2.24) is 0 Å². The van der Waals surface area contributed by atoms with E-state index < -0.39 is 0 Å². The minimum atomic E-state index is 0.321. The number of ketones is 1. The Morgan fingerprint density at radius 2 is 2.40 bits per heavy atom. The number of hydrogen-bond donors (Lipinski definition) is 0. The summed E-state index contributed by atoms with van der Waals surface area (Å²) in [7, 11) is 0. The first kappa shape index (κ1) is 6.14. The van der Waals surface area contributed by atoms with Crippen molar-refractivity contribution in [3.05, 3.63) is 12.2 Å². The van der Waals surface area contributed by atoms with Gasteiger partial charge < -0.3 is 0 Å². The molecule has 0 aromatic heterocycles. The summed E-state index contributed by atoms with van der Waals surface area (Å²) in [5, 5.41) is 0. The van der Waals surface area contributed by atoms with Crippen molar-refractivity contribution in [2.45, 2.75) is 19.8 Å². The van der Waals surface area contributed by atoms with E-state index >= 15 is 0 Å². The van der Waals surface area contributed by atoms with Gasteiger partial charge in [-0.15, -0.1) is 0 Å². The third-order valence-electron chi connectivity index (χ3n) is 2.86. The Hall–Kier alpha value is -0.590. The second-order valence-corrected chi connectivity index (χ2v) is 3.38. The van der Waals surface area contributed by atoms with Gasteiger partial charge in [-0.1, -0.05) is 19.1 Å². The summed E-state index contributed by atoms with van der Waals surface area (Å²) in [5.41, 5.74) is 0. The molecule has 3 atom stereocenters. The fraction of sp³-hybridized carbons (Fsp3) is 0.667. The molecule has 0 unspecified atom stereocenters. The lowest BCUT2D eigenvalue weighted by molar-refractivity contribution is -0.139. The molecule has 0 radical (unpaired) electrons. The van der Waals surface area contributed by atoms with E-state index in [0.717, 1.165) is 12.8 Å². The Morgan fingerprint density at radius 3 is 3.10 bits per heavy atom. The summed E-state index contributed by atoms with van der Waals surface area (Å²) < 4.78 is 0. The maximum Gasteiger partial charge on any atom is 0.139 e. The summed E-state index contributed by atoms with van der Waals surface area (Å²) in [4.78, 5) is 11.2. The molecule has 2 aliphatic rings. The van der Waals surface area contributed by atoms with Gasteiger partial charge in [-0.05, 0) is 18.8 Å². The molecule has 1 fully saturated rings. The fourth-order valence-corrected chi connectivity index (χ4v) is 2.11. The van der Waals surface area contributed by atoms with Gasteiger partial charge in [0.25, 0.3) is 0 Å². The van der Waals surface area contributed by atoms with Gasteiger partial charge in [-0.25, -0.2) is 0 Å². The number of rotatable bonds is 0. The highest BCUT2D eigenvalue weighted by molar-refractivity contribution is 5.90. The van der Waals surface area contributed by atoms with Crippen molar-refractivity contribution < 1.29 is 4.79 Å². The predicted molar refractivity (Wildman–Crippen MR) is 39.5 cm³/mol. The molecule has 0 bridgehead atoms. The van der Waals surface area contributed by atoms with E-state index in [4.69, 9.17) is 0 Å². The molecule has 0 aliphatic heterocycles. The summed E-state index contributed by atoms with van der Waals surface area (Å²) in [6.07, 6.45) is 6.65. The van der Waals surface area contributed by atoms with E-state index in [1.165, 1.54) is 0 Å². The second-order valence-electron chi connectivity index (χ2n) is 3.38. The highest BCUT2D eigenvalue weighted by Crippen LogP contribution is 2.42. The summed E-state index contributed by atoms with van der Waals surface area (Å²) in [6.45, 7) is 2.04. The van der Waals surface area contributed by atoms with Crippen LogP contribution in [0.4, 0.5) is 0 Å². The molecule has 2 aliphatic carbocycles. The number of carbonyl (C=O) groups is 1. The van der Waals surface area contributed by atoms with Crippen molar-refractivity contribution in [2.75, 3.05) is 0 Å². The largest absolute Gasteiger partial charge is 0.299 e. The Bertz CT molecular complexity index is 193. The first-order valence-electron chi connectivity index (χ1n) is 4.01. The van der Waals surface area contributed by atoms with Crippen LogP contribution in [0.3, 0.4) is 0 Å². The summed E-state index contributed by atoms with van der Waals surface area (Å²) >= 11 is 0. The molecule has 0 heterocycles. The van der Waals surface area contributed by atoms with Crippen LogP contribution >= 0.6 is 0 Å². The van der Waals surface area contributed by atoms with Crippen molar-refractivity contribution in [1.29, 1.82) is 0 Å². The lowest BCUT2D eigenvalue weighted by atomic mass is 9.61. The standard InChI is InChI=1S/C9H12O/c1-6-7-4-2-3-5-8(7)9(6)10/h2,4,6-8H,3,5H2,1H3/t6-,7-,8-/m1/s1. The van der Waals surface area contributed by atoms with Crippen LogP contribution in [0.5, 0.6) is 0 Å². The molecule has 10 heavy (non-hydrogen) atoms. The molecule has 0 amide bonds. The first-order valence-corrected chi connectivity index (χ1v) is 4.01. The van der Waals surface area contributed by atoms with Crippen molar-refractivity contribution in [3.63, 3.8) is 0 Å². The Kier molecular flexibility index (Phi) is 1.19.